The van der Waals surface area contributed by atoms with E-state index in [1.165, 1.54) is 22.3 Å². The van der Waals surface area contributed by atoms with Crippen LogP contribution in [0.2, 0.25) is 0 Å². The van der Waals surface area contributed by atoms with Gasteiger partial charge in [-0.1, -0.05) is 12.1 Å². The molecule has 0 amide bonds. The Balaban J connectivity index is 0.00000192. The van der Waals surface area contributed by atoms with Crippen molar-refractivity contribution in [1.82, 2.24) is 19.9 Å². The number of pyridine rings is 4. The third-order valence-electron chi connectivity index (χ3n) is 5.38. The maximum atomic E-state index is 4.69. The topological polar surface area (TPSA) is 83.1 Å². The second-order valence-corrected chi connectivity index (χ2v) is 6.95. The highest BCUT2D eigenvalue weighted by molar-refractivity contribution is 5.75. The van der Waals surface area contributed by atoms with Crippen LogP contribution in [-0.2, 0) is 18.3 Å². The van der Waals surface area contributed by atoms with Crippen molar-refractivity contribution < 1.29 is 5.48 Å². The van der Waals surface area contributed by atoms with Gasteiger partial charge in [0.1, 0.15) is 0 Å². The van der Waals surface area contributed by atoms with Crippen molar-refractivity contribution in [2.45, 2.75) is 18.3 Å². The summed E-state index contributed by atoms with van der Waals surface area (Å²) < 4.78 is 0. The molecule has 0 fully saturated rings. The first-order chi connectivity index (χ1) is 13.4. The van der Waals surface area contributed by atoms with E-state index in [4.69, 9.17) is 9.97 Å². The zero-order valence-electron chi connectivity index (χ0n) is 15.3. The van der Waals surface area contributed by atoms with Crippen LogP contribution in [0.25, 0.3) is 11.4 Å². The Morgan fingerprint density at radius 2 is 1.00 bits per heavy atom. The van der Waals surface area contributed by atoms with Crippen molar-refractivity contribution in [2.24, 2.45) is 0 Å². The summed E-state index contributed by atoms with van der Waals surface area (Å²) in [6.45, 7) is 0. The Hall–Kier alpha value is -3.44. The summed E-state index contributed by atoms with van der Waals surface area (Å²) in [7, 11) is 0. The number of hydrogen-bond donors (Lipinski definition) is 0. The van der Waals surface area contributed by atoms with E-state index in [1.54, 1.807) is 0 Å². The zero-order chi connectivity index (χ0) is 18.1. The maximum absolute atomic E-state index is 4.69. The summed E-state index contributed by atoms with van der Waals surface area (Å²) in [6, 6.07) is 16.8. The molecular weight excluding hydrogens is 348 g/mol. The van der Waals surface area contributed by atoms with Gasteiger partial charge in [0.15, 0.2) is 0 Å². The van der Waals surface area contributed by atoms with Crippen molar-refractivity contribution in [3.8, 4) is 11.4 Å². The molecule has 5 heteroatoms. The van der Waals surface area contributed by atoms with Gasteiger partial charge in [0, 0.05) is 42.6 Å². The summed E-state index contributed by atoms with van der Waals surface area (Å²) in [5.74, 6) is 0. The Kier molecular flexibility index (Phi) is 4.67. The first-order valence-corrected chi connectivity index (χ1v) is 9.06. The highest BCUT2D eigenvalue weighted by Gasteiger charge is 2.44. The van der Waals surface area contributed by atoms with Gasteiger partial charge in [-0.3, -0.25) is 19.9 Å². The molecule has 0 unspecified atom stereocenters. The van der Waals surface area contributed by atoms with Crippen LogP contribution < -0.4 is 0 Å². The lowest BCUT2D eigenvalue weighted by molar-refractivity contribution is 0.518. The van der Waals surface area contributed by atoms with Crippen LogP contribution in [0.5, 0.6) is 0 Å². The summed E-state index contributed by atoms with van der Waals surface area (Å²) in [5.41, 5.74) is 6.78. The number of hydrogen-bond acceptors (Lipinski definition) is 4. The fourth-order valence-electron chi connectivity index (χ4n) is 4.25. The molecule has 0 atom stereocenters. The van der Waals surface area contributed by atoms with Gasteiger partial charge in [-0.25, -0.2) is 0 Å². The van der Waals surface area contributed by atoms with E-state index in [1.807, 2.05) is 49.3 Å². The quantitative estimate of drug-likeness (QED) is 0.554. The first kappa shape index (κ1) is 17.9. The largest absolute Gasteiger partial charge is 0.412 e. The van der Waals surface area contributed by atoms with Gasteiger partial charge in [0.2, 0.25) is 0 Å². The lowest BCUT2D eigenvalue weighted by Crippen LogP contribution is -2.31. The molecule has 5 nitrogen and oxygen atoms in total. The SMILES string of the molecule is O.c1cnc2c(c1)C(Cc1ccncc1)(Cc1ccncc1)c1cccnc1-2. The van der Waals surface area contributed by atoms with E-state index in [-0.39, 0.29) is 10.9 Å². The lowest BCUT2D eigenvalue weighted by atomic mass is 9.70. The molecule has 0 aromatic carbocycles. The van der Waals surface area contributed by atoms with Crippen molar-refractivity contribution >= 4 is 0 Å². The molecule has 0 radical (unpaired) electrons. The van der Waals surface area contributed by atoms with Crippen LogP contribution in [0, 0.1) is 0 Å². The molecule has 4 aromatic rings. The molecule has 1 aliphatic carbocycles. The fourth-order valence-corrected chi connectivity index (χ4v) is 4.25. The van der Waals surface area contributed by atoms with E-state index < -0.39 is 0 Å². The molecule has 138 valence electrons. The van der Waals surface area contributed by atoms with E-state index in [9.17, 15) is 0 Å². The highest BCUT2D eigenvalue weighted by Crippen LogP contribution is 2.50. The number of nitrogens with zero attached hydrogens (tertiary/aromatic N) is 4. The Labute approximate surface area is 163 Å². The summed E-state index contributed by atoms with van der Waals surface area (Å²) in [5, 5.41) is 0. The molecule has 4 aromatic heterocycles. The number of aromatic nitrogens is 4. The normalized spacial score (nSPS) is 13.3. The molecule has 0 spiro atoms. The smallest absolute Gasteiger partial charge is 0.0930 e. The van der Waals surface area contributed by atoms with Gasteiger partial charge in [0.05, 0.1) is 11.4 Å². The van der Waals surface area contributed by atoms with Gasteiger partial charge in [0.25, 0.3) is 0 Å². The molecular formula is C23H20N4O. The van der Waals surface area contributed by atoms with Gasteiger partial charge in [-0.05, 0) is 71.5 Å². The van der Waals surface area contributed by atoms with Crippen molar-refractivity contribution in [3.05, 3.63) is 108 Å². The maximum Gasteiger partial charge on any atom is 0.0930 e. The van der Waals surface area contributed by atoms with Crippen molar-refractivity contribution in [2.75, 3.05) is 0 Å². The average Bonchev–Trinajstić information content (AvgIpc) is 3.00. The molecule has 2 N–H and O–H groups in total. The minimum absolute atomic E-state index is 0. The zero-order valence-corrected chi connectivity index (χ0v) is 15.3. The predicted octanol–water partition coefficient (Wildman–Crippen LogP) is 3.19. The van der Waals surface area contributed by atoms with Crippen molar-refractivity contribution in [3.63, 3.8) is 0 Å². The van der Waals surface area contributed by atoms with Crippen LogP contribution in [-0.4, -0.2) is 25.4 Å². The third-order valence-corrected chi connectivity index (χ3v) is 5.38. The van der Waals surface area contributed by atoms with Crippen molar-refractivity contribution in [1.29, 1.82) is 0 Å². The molecule has 0 saturated carbocycles. The van der Waals surface area contributed by atoms with Crippen LogP contribution in [0.3, 0.4) is 0 Å². The number of fused-ring (bicyclic) bond motifs is 3. The van der Waals surface area contributed by atoms with Gasteiger partial charge in [-0.15, -0.1) is 0 Å². The van der Waals surface area contributed by atoms with Gasteiger partial charge >= 0.3 is 0 Å². The molecule has 5 rings (SSSR count). The van der Waals surface area contributed by atoms with Crippen LogP contribution in [0.15, 0.2) is 85.7 Å². The average molecular weight is 368 g/mol. The second kappa shape index (κ2) is 7.29. The van der Waals surface area contributed by atoms with Crippen LogP contribution in [0.4, 0.5) is 0 Å². The molecule has 0 saturated heterocycles. The summed E-state index contributed by atoms with van der Waals surface area (Å²) in [6.07, 6.45) is 12.9. The van der Waals surface area contributed by atoms with Gasteiger partial charge < -0.3 is 5.48 Å². The standard InChI is InChI=1S/C23H18N4.H2O/c1-3-19-21(26-9-1)22-20(4-2-10-27-22)23(19,15-17-5-11-24-12-6-17)16-18-7-13-25-14-8-18;/h1-14H,15-16H2;1H2. The summed E-state index contributed by atoms with van der Waals surface area (Å²) in [4.78, 5) is 17.7. The highest BCUT2D eigenvalue weighted by atomic mass is 16.0. The Morgan fingerprint density at radius 1 is 0.571 bits per heavy atom. The molecule has 4 heterocycles. The van der Waals surface area contributed by atoms with E-state index in [0.717, 1.165) is 24.2 Å². The van der Waals surface area contributed by atoms with E-state index in [0.29, 0.717) is 0 Å². The monoisotopic (exact) mass is 368 g/mol. The lowest BCUT2D eigenvalue weighted by Gasteiger charge is -2.32. The van der Waals surface area contributed by atoms with Gasteiger partial charge in [-0.2, -0.15) is 0 Å². The van der Waals surface area contributed by atoms with Crippen LogP contribution in [0.1, 0.15) is 22.3 Å². The molecule has 1 aliphatic rings. The molecule has 0 bridgehead atoms. The van der Waals surface area contributed by atoms with Crippen LogP contribution >= 0.6 is 0 Å². The second-order valence-electron chi connectivity index (χ2n) is 6.95. The molecule has 0 aliphatic heterocycles. The molecule has 28 heavy (non-hydrogen) atoms. The predicted molar refractivity (Wildman–Crippen MR) is 108 cm³/mol. The third kappa shape index (κ3) is 2.86. The fraction of sp³-hybridized carbons (Fsp3) is 0.130. The Bertz CT molecular complexity index is 995. The minimum Gasteiger partial charge on any atom is -0.412 e. The summed E-state index contributed by atoms with van der Waals surface area (Å²) >= 11 is 0. The minimum atomic E-state index is -0.212. The number of rotatable bonds is 4. The Morgan fingerprint density at radius 3 is 1.43 bits per heavy atom. The van der Waals surface area contributed by atoms with E-state index in [2.05, 4.69) is 46.4 Å². The van der Waals surface area contributed by atoms with E-state index >= 15 is 0 Å². The first-order valence-electron chi connectivity index (χ1n) is 9.06.